The smallest absolute Gasteiger partial charge is 0.237 e. The number of nitrogens with zero attached hydrogens (tertiary/aromatic N) is 1. The van der Waals surface area contributed by atoms with Gasteiger partial charge in [0.1, 0.15) is 0 Å². The van der Waals surface area contributed by atoms with E-state index < -0.39 is 5.41 Å². The Morgan fingerprint density at radius 1 is 0.968 bits per heavy atom. The van der Waals surface area contributed by atoms with Crippen LogP contribution >= 0.6 is 0 Å². The maximum atomic E-state index is 12.9. The molecule has 166 valence electrons. The molecule has 2 rings (SSSR count). The van der Waals surface area contributed by atoms with Crippen LogP contribution in [0.3, 0.4) is 0 Å². The highest BCUT2D eigenvalue weighted by molar-refractivity contribution is 5.82. The van der Waals surface area contributed by atoms with Crippen LogP contribution in [0, 0.1) is 23.2 Å². The van der Waals surface area contributed by atoms with Crippen molar-refractivity contribution in [2.24, 2.45) is 11.8 Å². The van der Waals surface area contributed by atoms with E-state index in [2.05, 4.69) is 63.5 Å². The predicted molar refractivity (Wildman–Crippen MR) is 127 cm³/mol. The summed E-state index contributed by atoms with van der Waals surface area (Å²) in [5, 5.41) is 16.6. The van der Waals surface area contributed by atoms with E-state index in [0.717, 1.165) is 12.0 Å². The SMILES string of the molecule is CC(C)[C@H](N[C@H](C)c1ccccc1)C(=O)NCCC[C@@](C#N)(c1ccccc1)C(C)C. The van der Waals surface area contributed by atoms with Crippen LogP contribution in [0.1, 0.15) is 64.6 Å². The molecule has 0 saturated carbocycles. The second kappa shape index (κ2) is 11.7. The standard InChI is InChI=1S/C27H37N3O/c1-20(2)25(30-22(5)23-13-8-6-9-14-23)26(31)29-18-12-17-27(19-28,21(3)4)24-15-10-7-11-16-24/h6-11,13-16,20-22,25,30H,12,17-18H2,1-5H3,(H,29,31)/t22-,25+,27+/m1/s1. The number of benzene rings is 2. The Labute approximate surface area is 188 Å². The van der Waals surface area contributed by atoms with Crippen LogP contribution in [0.2, 0.25) is 0 Å². The van der Waals surface area contributed by atoms with Crippen molar-refractivity contribution in [3.8, 4) is 6.07 Å². The molecule has 0 bridgehead atoms. The van der Waals surface area contributed by atoms with Gasteiger partial charge in [0.15, 0.2) is 0 Å². The Kier molecular flexibility index (Phi) is 9.27. The largest absolute Gasteiger partial charge is 0.355 e. The zero-order valence-corrected chi connectivity index (χ0v) is 19.6. The molecular weight excluding hydrogens is 382 g/mol. The van der Waals surface area contributed by atoms with E-state index in [-0.39, 0.29) is 29.8 Å². The van der Waals surface area contributed by atoms with Gasteiger partial charge in [-0.2, -0.15) is 5.26 Å². The fourth-order valence-electron chi connectivity index (χ4n) is 4.12. The topological polar surface area (TPSA) is 64.9 Å². The Balaban J connectivity index is 1.96. The van der Waals surface area contributed by atoms with Gasteiger partial charge in [0.25, 0.3) is 0 Å². The third-order valence-corrected chi connectivity index (χ3v) is 6.20. The Morgan fingerprint density at radius 2 is 1.55 bits per heavy atom. The first kappa shape index (κ1) is 24.6. The van der Waals surface area contributed by atoms with Gasteiger partial charge >= 0.3 is 0 Å². The van der Waals surface area contributed by atoms with Crippen molar-refractivity contribution in [3.05, 3.63) is 71.8 Å². The molecule has 0 aromatic heterocycles. The molecular formula is C27H37N3O. The highest BCUT2D eigenvalue weighted by Gasteiger charge is 2.35. The van der Waals surface area contributed by atoms with Gasteiger partial charge in [-0.15, -0.1) is 0 Å². The molecule has 0 fully saturated rings. The number of hydrogen-bond donors (Lipinski definition) is 2. The highest BCUT2D eigenvalue weighted by Crippen LogP contribution is 2.36. The van der Waals surface area contributed by atoms with Gasteiger partial charge in [-0.1, -0.05) is 88.4 Å². The van der Waals surface area contributed by atoms with Crippen molar-refractivity contribution < 1.29 is 4.79 Å². The lowest BCUT2D eigenvalue weighted by atomic mass is 9.70. The first-order chi connectivity index (χ1) is 14.8. The van der Waals surface area contributed by atoms with Crippen LogP contribution in [0.5, 0.6) is 0 Å². The summed E-state index contributed by atoms with van der Waals surface area (Å²) >= 11 is 0. The zero-order chi connectivity index (χ0) is 22.9. The highest BCUT2D eigenvalue weighted by atomic mass is 16.2. The van der Waals surface area contributed by atoms with E-state index in [0.29, 0.717) is 13.0 Å². The number of carbonyl (C=O) groups is 1. The summed E-state index contributed by atoms with van der Waals surface area (Å²) in [5.41, 5.74) is 1.68. The number of amides is 1. The molecule has 0 heterocycles. The number of nitrogens with one attached hydrogen (secondary N) is 2. The molecule has 0 spiro atoms. The van der Waals surface area contributed by atoms with Crippen molar-refractivity contribution in [1.29, 1.82) is 5.26 Å². The number of nitriles is 1. The normalized spacial score (nSPS) is 15.2. The summed E-state index contributed by atoms with van der Waals surface area (Å²) in [6, 6.07) is 22.6. The van der Waals surface area contributed by atoms with Gasteiger partial charge in [0.2, 0.25) is 5.91 Å². The fourth-order valence-corrected chi connectivity index (χ4v) is 4.12. The van der Waals surface area contributed by atoms with E-state index in [4.69, 9.17) is 0 Å². The van der Waals surface area contributed by atoms with E-state index in [1.165, 1.54) is 5.56 Å². The third-order valence-electron chi connectivity index (χ3n) is 6.20. The van der Waals surface area contributed by atoms with Crippen LogP contribution < -0.4 is 10.6 Å². The van der Waals surface area contributed by atoms with Gasteiger partial charge in [-0.05, 0) is 42.7 Å². The first-order valence-electron chi connectivity index (χ1n) is 11.4. The maximum Gasteiger partial charge on any atom is 0.237 e. The van der Waals surface area contributed by atoms with E-state index >= 15 is 0 Å². The van der Waals surface area contributed by atoms with E-state index in [9.17, 15) is 10.1 Å². The molecule has 0 aliphatic rings. The maximum absolute atomic E-state index is 12.9. The lowest BCUT2D eigenvalue weighted by molar-refractivity contribution is -0.124. The number of carbonyl (C=O) groups excluding carboxylic acids is 1. The van der Waals surface area contributed by atoms with Crippen molar-refractivity contribution in [3.63, 3.8) is 0 Å². The van der Waals surface area contributed by atoms with Gasteiger partial charge in [-0.25, -0.2) is 0 Å². The minimum absolute atomic E-state index is 0.0181. The molecule has 4 nitrogen and oxygen atoms in total. The van der Waals surface area contributed by atoms with Gasteiger partial charge < -0.3 is 5.32 Å². The molecule has 0 aliphatic carbocycles. The second-order valence-corrected chi connectivity index (χ2v) is 9.02. The molecule has 0 aliphatic heterocycles. The average molecular weight is 420 g/mol. The second-order valence-electron chi connectivity index (χ2n) is 9.02. The summed E-state index contributed by atoms with van der Waals surface area (Å²) in [6.07, 6.45) is 1.47. The molecule has 1 amide bonds. The number of rotatable bonds is 11. The molecule has 2 N–H and O–H groups in total. The number of hydrogen-bond acceptors (Lipinski definition) is 3. The van der Waals surface area contributed by atoms with Gasteiger partial charge in [0, 0.05) is 12.6 Å². The summed E-state index contributed by atoms with van der Waals surface area (Å²) in [5.74, 6) is 0.376. The lowest BCUT2D eigenvalue weighted by Crippen LogP contribution is -2.48. The van der Waals surface area contributed by atoms with Crippen molar-refractivity contribution >= 4 is 5.91 Å². The molecule has 2 aromatic carbocycles. The zero-order valence-electron chi connectivity index (χ0n) is 19.6. The van der Waals surface area contributed by atoms with E-state index in [1.54, 1.807) is 0 Å². The summed E-state index contributed by atoms with van der Waals surface area (Å²) < 4.78 is 0. The Morgan fingerprint density at radius 3 is 2.06 bits per heavy atom. The van der Waals surface area contributed by atoms with Gasteiger partial charge in [-0.3, -0.25) is 10.1 Å². The minimum atomic E-state index is -0.538. The molecule has 2 aromatic rings. The molecule has 31 heavy (non-hydrogen) atoms. The Bertz CT molecular complexity index is 842. The monoisotopic (exact) mass is 419 g/mol. The van der Waals surface area contributed by atoms with Crippen molar-refractivity contribution in [2.75, 3.05) is 6.54 Å². The molecule has 3 atom stereocenters. The molecule has 0 saturated heterocycles. The summed E-state index contributed by atoms with van der Waals surface area (Å²) in [6.45, 7) is 11.0. The van der Waals surface area contributed by atoms with Crippen molar-refractivity contribution in [1.82, 2.24) is 10.6 Å². The third kappa shape index (κ3) is 6.42. The predicted octanol–water partition coefficient (Wildman–Crippen LogP) is 5.38. The van der Waals surface area contributed by atoms with Crippen LogP contribution in [-0.2, 0) is 10.2 Å². The lowest BCUT2D eigenvalue weighted by Gasteiger charge is -2.31. The van der Waals surface area contributed by atoms with Gasteiger partial charge in [0.05, 0.1) is 17.5 Å². The van der Waals surface area contributed by atoms with Crippen LogP contribution in [0.25, 0.3) is 0 Å². The summed E-state index contributed by atoms with van der Waals surface area (Å²) in [7, 11) is 0. The quantitative estimate of drug-likeness (QED) is 0.481. The minimum Gasteiger partial charge on any atom is -0.355 e. The van der Waals surface area contributed by atoms with Crippen molar-refractivity contribution in [2.45, 2.75) is 65.0 Å². The van der Waals surface area contributed by atoms with Crippen LogP contribution in [-0.4, -0.2) is 18.5 Å². The summed E-state index contributed by atoms with van der Waals surface area (Å²) in [4.78, 5) is 12.9. The molecule has 0 unspecified atom stereocenters. The first-order valence-corrected chi connectivity index (χ1v) is 11.4. The molecule has 4 heteroatoms. The Hall–Kier alpha value is -2.64. The van der Waals surface area contributed by atoms with Crippen LogP contribution in [0.4, 0.5) is 0 Å². The fraction of sp³-hybridized carbons (Fsp3) is 0.481. The van der Waals surface area contributed by atoms with E-state index in [1.807, 2.05) is 48.5 Å². The van der Waals surface area contributed by atoms with Crippen LogP contribution in [0.15, 0.2) is 60.7 Å². The molecule has 0 radical (unpaired) electrons. The average Bonchev–Trinajstić information content (AvgIpc) is 2.78.